The van der Waals surface area contributed by atoms with Gasteiger partial charge >= 0.3 is 0 Å². The molecule has 1 fully saturated rings. The molecule has 0 radical (unpaired) electrons. The van der Waals surface area contributed by atoms with Crippen LogP contribution in [0.1, 0.15) is 38.4 Å². The van der Waals surface area contributed by atoms with Crippen molar-refractivity contribution >= 4 is 5.91 Å². The number of imidazole rings is 1. The quantitative estimate of drug-likeness (QED) is 0.890. The molecule has 2 heterocycles. The highest BCUT2D eigenvalue weighted by atomic mass is 16.3. The highest BCUT2D eigenvalue weighted by Gasteiger charge is 2.28. The summed E-state index contributed by atoms with van der Waals surface area (Å²) in [5, 5.41) is 9.26. The number of hydrogen-bond acceptors (Lipinski definition) is 3. The topological polar surface area (TPSA) is 58.4 Å². The lowest BCUT2D eigenvalue weighted by Crippen LogP contribution is -2.46. The molecule has 1 aromatic rings. The van der Waals surface area contributed by atoms with Gasteiger partial charge in [0.2, 0.25) is 5.91 Å². The summed E-state index contributed by atoms with van der Waals surface area (Å²) in [6.07, 6.45) is 7.16. The fourth-order valence-corrected chi connectivity index (χ4v) is 2.86. The zero-order valence-corrected chi connectivity index (χ0v) is 12.5. The first-order valence-corrected chi connectivity index (χ1v) is 7.50. The predicted molar refractivity (Wildman–Crippen MR) is 77.2 cm³/mol. The summed E-state index contributed by atoms with van der Waals surface area (Å²) in [5.41, 5.74) is 0. The minimum Gasteiger partial charge on any atom is -0.396 e. The van der Waals surface area contributed by atoms with Crippen LogP contribution in [-0.2, 0) is 11.3 Å². The summed E-state index contributed by atoms with van der Waals surface area (Å²) in [5.74, 6) is 1.46. The van der Waals surface area contributed by atoms with Crippen molar-refractivity contribution in [2.24, 2.45) is 5.92 Å². The number of amides is 1. The van der Waals surface area contributed by atoms with Crippen LogP contribution >= 0.6 is 0 Å². The van der Waals surface area contributed by atoms with Gasteiger partial charge in [0.15, 0.2) is 0 Å². The summed E-state index contributed by atoms with van der Waals surface area (Å²) in [4.78, 5) is 18.4. The van der Waals surface area contributed by atoms with Gasteiger partial charge in [0.05, 0.1) is 0 Å². The van der Waals surface area contributed by atoms with E-state index >= 15 is 0 Å². The summed E-state index contributed by atoms with van der Waals surface area (Å²) in [6, 6.07) is 0.306. The van der Waals surface area contributed by atoms with Gasteiger partial charge in [0, 0.05) is 44.6 Å². The summed E-state index contributed by atoms with van der Waals surface area (Å²) in [6.45, 7) is 5.81. The molecule has 1 aromatic heterocycles. The third-order valence-corrected chi connectivity index (χ3v) is 4.27. The van der Waals surface area contributed by atoms with Crippen molar-refractivity contribution in [1.29, 1.82) is 0 Å². The molecular formula is C15H25N3O2. The number of aliphatic hydroxyl groups is 1. The SMILES string of the molecule is Cc1nccn1CCCC(=O)N1CC(CO)CCC1C. The van der Waals surface area contributed by atoms with Crippen molar-refractivity contribution in [3.8, 4) is 0 Å². The fraction of sp³-hybridized carbons (Fsp3) is 0.733. The molecule has 0 saturated carbocycles. The fourth-order valence-electron chi connectivity index (χ4n) is 2.86. The highest BCUT2D eigenvalue weighted by Crippen LogP contribution is 2.22. The van der Waals surface area contributed by atoms with E-state index in [0.717, 1.165) is 31.6 Å². The highest BCUT2D eigenvalue weighted by molar-refractivity contribution is 5.76. The first kappa shape index (κ1) is 15.0. The van der Waals surface area contributed by atoms with Crippen molar-refractivity contribution < 1.29 is 9.90 Å². The molecule has 1 N–H and O–H groups in total. The van der Waals surface area contributed by atoms with Crippen LogP contribution in [-0.4, -0.2) is 44.7 Å². The van der Waals surface area contributed by atoms with Gasteiger partial charge < -0.3 is 14.6 Å². The second kappa shape index (κ2) is 6.88. The Hall–Kier alpha value is -1.36. The number of aryl methyl sites for hydroxylation is 2. The standard InChI is InChI=1S/C15H25N3O2/c1-12-5-6-14(11-19)10-18(12)15(20)4-3-8-17-9-7-16-13(17)2/h7,9,12,14,19H,3-6,8,10-11H2,1-2H3. The van der Waals surface area contributed by atoms with E-state index in [-0.39, 0.29) is 18.4 Å². The Kier molecular flexibility index (Phi) is 5.17. The first-order valence-electron chi connectivity index (χ1n) is 7.50. The van der Waals surface area contributed by atoms with Gasteiger partial charge in [0.1, 0.15) is 5.82 Å². The number of carbonyl (C=O) groups excluding carboxylic acids is 1. The number of piperidine rings is 1. The number of hydrogen-bond donors (Lipinski definition) is 1. The van der Waals surface area contributed by atoms with Gasteiger partial charge in [0.25, 0.3) is 0 Å². The summed E-state index contributed by atoms with van der Waals surface area (Å²) < 4.78 is 2.07. The van der Waals surface area contributed by atoms with E-state index in [1.807, 2.05) is 18.0 Å². The van der Waals surface area contributed by atoms with Crippen molar-refractivity contribution in [3.05, 3.63) is 18.2 Å². The number of nitrogens with zero attached hydrogens (tertiary/aromatic N) is 3. The van der Waals surface area contributed by atoms with Crippen LogP contribution in [0.15, 0.2) is 12.4 Å². The Morgan fingerprint density at radius 2 is 2.30 bits per heavy atom. The summed E-state index contributed by atoms with van der Waals surface area (Å²) in [7, 11) is 0. The second-order valence-corrected chi connectivity index (χ2v) is 5.79. The number of rotatable bonds is 5. The van der Waals surface area contributed by atoms with E-state index in [1.165, 1.54) is 0 Å². The lowest BCUT2D eigenvalue weighted by Gasteiger charge is -2.37. The van der Waals surface area contributed by atoms with Crippen LogP contribution in [0.25, 0.3) is 0 Å². The lowest BCUT2D eigenvalue weighted by atomic mass is 9.94. The maximum absolute atomic E-state index is 12.3. The maximum Gasteiger partial charge on any atom is 0.222 e. The maximum atomic E-state index is 12.3. The van der Waals surface area contributed by atoms with E-state index in [0.29, 0.717) is 19.0 Å². The zero-order valence-electron chi connectivity index (χ0n) is 12.5. The molecule has 0 aliphatic carbocycles. The minimum absolute atomic E-state index is 0.185. The molecule has 1 aliphatic heterocycles. The van der Waals surface area contributed by atoms with Gasteiger partial charge in [-0.1, -0.05) is 0 Å². The third-order valence-electron chi connectivity index (χ3n) is 4.27. The van der Waals surface area contributed by atoms with Gasteiger partial charge in [-0.15, -0.1) is 0 Å². The van der Waals surface area contributed by atoms with Crippen LogP contribution in [0.3, 0.4) is 0 Å². The number of aromatic nitrogens is 2. The summed E-state index contributed by atoms with van der Waals surface area (Å²) >= 11 is 0. The normalized spacial score (nSPS) is 23.1. The van der Waals surface area contributed by atoms with Crippen LogP contribution in [0.2, 0.25) is 0 Å². The van der Waals surface area contributed by atoms with E-state index in [1.54, 1.807) is 6.20 Å². The molecule has 0 spiro atoms. The number of likely N-dealkylation sites (tertiary alicyclic amines) is 1. The van der Waals surface area contributed by atoms with E-state index in [4.69, 9.17) is 0 Å². The molecule has 20 heavy (non-hydrogen) atoms. The molecule has 1 amide bonds. The number of aliphatic hydroxyl groups excluding tert-OH is 1. The Morgan fingerprint density at radius 1 is 1.50 bits per heavy atom. The lowest BCUT2D eigenvalue weighted by molar-refractivity contribution is -0.136. The van der Waals surface area contributed by atoms with Crippen molar-refractivity contribution in [2.75, 3.05) is 13.2 Å². The van der Waals surface area contributed by atoms with Crippen LogP contribution in [0.4, 0.5) is 0 Å². The van der Waals surface area contributed by atoms with E-state index < -0.39 is 0 Å². The van der Waals surface area contributed by atoms with E-state index in [9.17, 15) is 9.90 Å². The molecule has 0 aromatic carbocycles. The monoisotopic (exact) mass is 279 g/mol. The van der Waals surface area contributed by atoms with Gasteiger partial charge in [-0.05, 0) is 39.0 Å². The minimum atomic E-state index is 0.185. The molecule has 112 valence electrons. The van der Waals surface area contributed by atoms with Gasteiger partial charge in [-0.25, -0.2) is 4.98 Å². The van der Waals surface area contributed by atoms with Crippen LogP contribution < -0.4 is 0 Å². The average Bonchev–Trinajstić information content (AvgIpc) is 2.85. The van der Waals surface area contributed by atoms with Crippen molar-refractivity contribution in [1.82, 2.24) is 14.5 Å². The molecule has 2 atom stereocenters. The molecular weight excluding hydrogens is 254 g/mol. The second-order valence-electron chi connectivity index (χ2n) is 5.79. The third kappa shape index (κ3) is 3.60. The molecule has 1 saturated heterocycles. The first-order chi connectivity index (χ1) is 9.61. The zero-order chi connectivity index (χ0) is 14.5. The largest absolute Gasteiger partial charge is 0.396 e. The van der Waals surface area contributed by atoms with Crippen molar-refractivity contribution in [3.63, 3.8) is 0 Å². The van der Waals surface area contributed by atoms with Crippen LogP contribution in [0, 0.1) is 12.8 Å². The molecule has 2 unspecified atom stereocenters. The van der Waals surface area contributed by atoms with Gasteiger partial charge in [-0.2, -0.15) is 0 Å². The Bertz CT molecular complexity index is 444. The average molecular weight is 279 g/mol. The Labute approximate surface area is 120 Å². The number of carbonyl (C=O) groups is 1. The molecule has 2 rings (SSSR count). The molecule has 0 bridgehead atoms. The molecule has 5 nitrogen and oxygen atoms in total. The Balaban J connectivity index is 1.80. The van der Waals surface area contributed by atoms with Gasteiger partial charge in [-0.3, -0.25) is 4.79 Å². The Morgan fingerprint density at radius 3 is 2.95 bits per heavy atom. The van der Waals surface area contributed by atoms with Crippen LogP contribution in [0.5, 0.6) is 0 Å². The molecule has 1 aliphatic rings. The van der Waals surface area contributed by atoms with Crippen molar-refractivity contribution in [2.45, 2.75) is 52.1 Å². The van der Waals surface area contributed by atoms with E-state index in [2.05, 4.69) is 16.5 Å². The molecule has 5 heteroatoms. The smallest absolute Gasteiger partial charge is 0.222 e. The predicted octanol–water partition coefficient (Wildman–Crippen LogP) is 1.59.